The van der Waals surface area contributed by atoms with Crippen LogP contribution in [-0.2, 0) is 10.8 Å². The average Bonchev–Trinajstić information content (AvgIpc) is 2.15. The predicted molar refractivity (Wildman–Crippen MR) is 56.7 cm³/mol. The highest BCUT2D eigenvalue weighted by Crippen LogP contribution is 2.12. The second-order valence-electron chi connectivity index (χ2n) is 2.61. The van der Waals surface area contributed by atoms with Crippen LogP contribution in [0.25, 0.3) is 0 Å². The van der Waals surface area contributed by atoms with Gasteiger partial charge in [-0.1, -0.05) is 11.6 Å². The molecule has 1 rings (SSSR count). The fourth-order valence-corrected chi connectivity index (χ4v) is 2.09. The molecule has 0 bridgehead atoms. The number of benzene rings is 1. The summed E-state index contributed by atoms with van der Waals surface area (Å²) >= 11 is 5.71. The van der Waals surface area contributed by atoms with Crippen LogP contribution in [0.4, 0.5) is 0 Å². The monoisotopic (exact) mass is 217 g/mol. The normalized spacial score (nSPS) is 12.8. The zero-order chi connectivity index (χ0) is 9.68. The van der Waals surface area contributed by atoms with E-state index in [0.29, 0.717) is 10.8 Å². The van der Waals surface area contributed by atoms with Gasteiger partial charge in [0.15, 0.2) is 0 Å². The molecule has 4 heteroatoms. The highest BCUT2D eigenvalue weighted by molar-refractivity contribution is 7.85. The highest BCUT2D eigenvalue weighted by atomic mass is 35.5. The summed E-state index contributed by atoms with van der Waals surface area (Å²) in [7, 11) is 0.934. The van der Waals surface area contributed by atoms with Crippen LogP contribution in [0, 0.1) is 0 Å². The van der Waals surface area contributed by atoms with Crippen molar-refractivity contribution >= 4 is 22.4 Å². The van der Waals surface area contributed by atoms with E-state index in [4.69, 9.17) is 11.6 Å². The predicted octanol–water partition coefficient (Wildman–Crippen LogP) is 1.67. The van der Waals surface area contributed by atoms with Gasteiger partial charge in [0.05, 0.1) is 10.8 Å². The van der Waals surface area contributed by atoms with Crippen LogP contribution in [0.2, 0.25) is 5.02 Å². The number of nitrogens with one attached hydrogen (secondary N) is 1. The number of halogens is 1. The van der Waals surface area contributed by atoms with E-state index in [0.717, 1.165) is 11.4 Å². The zero-order valence-electron chi connectivity index (χ0n) is 7.42. The molecule has 2 nitrogen and oxygen atoms in total. The van der Waals surface area contributed by atoms with Crippen molar-refractivity contribution in [3.8, 4) is 0 Å². The summed E-state index contributed by atoms with van der Waals surface area (Å²) in [4.78, 5) is 0.833. The Hall–Kier alpha value is -0.380. The van der Waals surface area contributed by atoms with Crippen LogP contribution in [0.3, 0.4) is 0 Å². The third-order valence-electron chi connectivity index (χ3n) is 1.61. The minimum Gasteiger partial charge on any atom is -0.319 e. The van der Waals surface area contributed by atoms with Crippen LogP contribution >= 0.6 is 11.6 Å². The largest absolute Gasteiger partial charge is 0.319 e. The molecular formula is C9H12ClNOS. The second kappa shape index (κ2) is 5.37. The van der Waals surface area contributed by atoms with Gasteiger partial charge in [0, 0.05) is 22.2 Å². The molecular weight excluding hydrogens is 206 g/mol. The quantitative estimate of drug-likeness (QED) is 0.832. The number of hydrogen-bond donors (Lipinski definition) is 1. The first-order valence-corrected chi connectivity index (χ1v) is 5.72. The van der Waals surface area contributed by atoms with Crippen molar-refractivity contribution in [2.75, 3.05) is 19.3 Å². The number of rotatable bonds is 4. The van der Waals surface area contributed by atoms with E-state index in [-0.39, 0.29) is 0 Å². The van der Waals surface area contributed by atoms with Gasteiger partial charge in [-0.05, 0) is 31.3 Å². The summed E-state index contributed by atoms with van der Waals surface area (Å²) in [6.45, 7) is 0.759. The van der Waals surface area contributed by atoms with Crippen molar-refractivity contribution in [3.63, 3.8) is 0 Å². The van der Waals surface area contributed by atoms with Gasteiger partial charge in [0.2, 0.25) is 0 Å². The van der Waals surface area contributed by atoms with Crippen molar-refractivity contribution < 1.29 is 4.21 Å². The fraction of sp³-hybridized carbons (Fsp3) is 0.333. The molecule has 0 spiro atoms. The molecule has 0 heterocycles. The van der Waals surface area contributed by atoms with E-state index in [9.17, 15) is 4.21 Å². The van der Waals surface area contributed by atoms with E-state index in [2.05, 4.69) is 5.32 Å². The molecule has 0 saturated carbocycles. The topological polar surface area (TPSA) is 29.1 Å². The average molecular weight is 218 g/mol. The lowest BCUT2D eigenvalue weighted by molar-refractivity contribution is 0.680. The lowest BCUT2D eigenvalue weighted by atomic mass is 10.4. The van der Waals surface area contributed by atoms with Crippen molar-refractivity contribution in [2.45, 2.75) is 4.90 Å². The molecule has 1 aromatic carbocycles. The van der Waals surface area contributed by atoms with Crippen LogP contribution in [0.15, 0.2) is 29.2 Å². The first kappa shape index (κ1) is 10.7. The zero-order valence-corrected chi connectivity index (χ0v) is 8.99. The lowest BCUT2D eigenvalue weighted by Crippen LogP contribution is -2.15. The fourth-order valence-electron chi connectivity index (χ4n) is 0.899. The highest BCUT2D eigenvalue weighted by Gasteiger charge is 2.01. The van der Waals surface area contributed by atoms with E-state index < -0.39 is 10.8 Å². The van der Waals surface area contributed by atoms with Gasteiger partial charge in [-0.15, -0.1) is 0 Å². The maximum atomic E-state index is 11.5. The van der Waals surface area contributed by atoms with Gasteiger partial charge < -0.3 is 5.32 Å². The molecule has 1 unspecified atom stereocenters. The minimum atomic E-state index is -0.913. The van der Waals surface area contributed by atoms with Gasteiger partial charge in [-0.2, -0.15) is 0 Å². The standard InChI is InChI=1S/C9H12ClNOS/c1-11-6-7-13(12)9-4-2-8(10)3-5-9/h2-5,11H,6-7H2,1H3. The minimum absolute atomic E-state index is 0.637. The third-order valence-corrected chi connectivity index (χ3v) is 3.24. The summed E-state index contributed by atoms with van der Waals surface area (Å²) in [5.41, 5.74) is 0. The lowest BCUT2D eigenvalue weighted by Gasteiger charge is -2.01. The molecule has 0 aliphatic rings. The molecule has 0 aliphatic carbocycles. The summed E-state index contributed by atoms with van der Waals surface area (Å²) in [5, 5.41) is 3.64. The van der Waals surface area contributed by atoms with E-state index >= 15 is 0 Å². The van der Waals surface area contributed by atoms with E-state index in [1.165, 1.54) is 0 Å². The van der Waals surface area contributed by atoms with E-state index in [1.54, 1.807) is 24.3 Å². The van der Waals surface area contributed by atoms with Crippen molar-refractivity contribution in [1.29, 1.82) is 0 Å². The molecule has 0 aliphatic heterocycles. The molecule has 0 amide bonds. The Balaban J connectivity index is 2.61. The molecule has 0 saturated heterocycles. The first-order chi connectivity index (χ1) is 6.24. The van der Waals surface area contributed by atoms with Gasteiger partial charge in [0.25, 0.3) is 0 Å². The van der Waals surface area contributed by atoms with Crippen LogP contribution in [0.5, 0.6) is 0 Å². The molecule has 13 heavy (non-hydrogen) atoms. The van der Waals surface area contributed by atoms with Crippen molar-refractivity contribution in [2.24, 2.45) is 0 Å². The molecule has 72 valence electrons. The maximum Gasteiger partial charge on any atom is 0.0542 e. The Labute approximate surface area is 85.8 Å². The third kappa shape index (κ3) is 3.46. The van der Waals surface area contributed by atoms with Gasteiger partial charge in [-0.3, -0.25) is 4.21 Å². The second-order valence-corrected chi connectivity index (χ2v) is 4.61. The SMILES string of the molecule is CNCCS(=O)c1ccc(Cl)cc1. The molecule has 0 aromatic heterocycles. The Bertz CT molecular complexity index is 286. The Morgan fingerprint density at radius 3 is 2.54 bits per heavy atom. The molecule has 1 aromatic rings. The smallest absolute Gasteiger partial charge is 0.0542 e. The van der Waals surface area contributed by atoms with Crippen LogP contribution < -0.4 is 5.32 Å². The molecule has 0 fully saturated rings. The molecule has 1 N–H and O–H groups in total. The van der Waals surface area contributed by atoms with E-state index in [1.807, 2.05) is 7.05 Å². The first-order valence-electron chi connectivity index (χ1n) is 4.02. The van der Waals surface area contributed by atoms with Crippen LogP contribution in [-0.4, -0.2) is 23.6 Å². The maximum absolute atomic E-state index is 11.5. The Morgan fingerprint density at radius 1 is 1.38 bits per heavy atom. The van der Waals surface area contributed by atoms with Crippen LogP contribution in [0.1, 0.15) is 0 Å². The summed E-state index contributed by atoms with van der Waals surface area (Å²) in [6.07, 6.45) is 0. The molecule has 0 radical (unpaired) electrons. The van der Waals surface area contributed by atoms with Gasteiger partial charge in [0.1, 0.15) is 0 Å². The Morgan fingerprint density at radius 2 is 2.00 bits per heavy atom. The number of hydrogen-bond acceptors (Lipinski definition) is 2. The van der Waals surface area contributed by atoms with Gasteiger partial charge >= 0.3 is 0 Å². The summed E-state index contributed by atoms with van der Waals surface area (Å²) < 4.78 is 11.5. The van der Waals surface area contributed by atoms with Crippen molar-refractivity contribution in [1.82, 2.24) is 5.32 Å². The summed E-state index contributed by atoms with van der Waals surface area (Å²) in [6, 6.07) is 7.12. The van der Waals surface area contributed by atoms with Crippen molar-refractivity contribution in [3.05, 3.63) is 29.3 Å². The Kier molecular flexibility index (Phi) is 4.42. The summed E-state index contributed by atoms with van der Waals surface area (Å²) in [5.74, 6) is 0.637. The van der Waals surface area contributed by atoms with Gasteiger partial charge in [-0.25, -0.2) is 0 Å². The molecule has 1 atom stereocenters.